The van der Waals surface area contributed by atoms with Gasteiger partial charge in [0.1, 0.15) is 16.4 Å². The second kappa shape index (κ2) is 6.27. The van der Waals surface area contributed by atoms with E-state index in [1.807, 2.05) is 0 Å². The van der Waals surface area contributed by atoms with Crippen LogP contribution < -0.4 is 4.72 Å². The SMILES string of the molecule is Cc1c([N+](=O)[O-])ccc(F)c1NS(=O)(=O)c1ccc(C(F)(F)F)nc1. The van der Waals surface area contributed by atoms with Crippen LogP contribution in [0, 0.1) is 22.9 Å². The molecule has 0 saturated heterocycles. The van der Waals surface area contributed by atoms with Crippen molar-refractivity contribution in [2.75, 3.05) is 4.72 Å². The van der Waals surface area contributed by atoms with Gasteiger partial charge in [-0.05, 0) is 25.1 Å². The summed E-state index contributed by atoms with van der Waals surface area (Å²) in [5.74, 6) is -1.08. The van der Waals surface area contributed by atoms with Gasteiger partial charge in [0.05, 0.1) is 16.2 Å². The van der Waals surface area contributed by atoms with E-state index in [1.54, 1.807) is 4.72 Å². The fraction of sp³-hybridized carbons (Fsp3) is 0.154. The fourth-order valence-electron chi connectivity index (χ4n) is 1.89. The van der Waals surface area contributed by atoms with Gasteiger partial charge in [-0.3, -0.25) is 19.8 Å². The first-order valence-electron chi connectivity index (χ1n) is 6.43. The smallest absolute Gasteiger partial charge is 0.276 e. The molecule has 1 N–H and O–H groups in total. The molecule has 0 amide bonds. The number of pyridine rings is 1. The second-order valence-electron chi connectivity index (χ2n) is 4.81. The molecule has 0 aliphatic heterocycles. The number of benzene rings is 1. The first-order valence-corrected chi connectivity index (χ1v) is 7.91. The molecule has 7 nitrogen and oxygen atoms in total. The lowest BCUT2D eigenvalue weighted by molar-refractivity contribution is -0.385. The highest BCUT2D eigenvalue weighted by Crippen LogP contribution is 2.31. The van der Waals surface area contributed by atoms with Crippen molar-refractivity contribution in [1.82, 2.24) is 4.98 Å². The number of hydrogen-bond donors (Lipinski definition) is 1. The standard InChI is InChI=1S/C13H9F4N3O4S/c1-7-10(20(21)22)4-3-9(14)12(7)19-25(23,24)8-2-5-11(18-6-8)13(15,16)17/h2-6,19H,1H3. The van der Waals surface area contributed by atoms with Crippen LogP contribution in [0.25, 0.3) is 0 Å². The lowest BCUT2D eigenvalue weighted by Crippen LogP contribution is -2.16. The Morgan fingerprint density at radius 3 is 2.32 bits per heavy atom. The molecule has 2 rings (SSSR count). The van der Waals surface area contributed by atoms with Crippen LogP contribution in [0.2, 0.25) is 0 Å². The monoisotopic (exact) mass is 379 g/mol. The van der Waals surface area contributed by atoms with E-state index < -0.39 is 48.9 Å². The van der Waals surface area contributed by atoms with Crippen LogP contribution in [0.4, 0.5) is 28.9 Å². The normalized spacial score (nSPS) is 12.0. The maximum atomic E-state index is 13.8. The number of nitro groups is 1. The Morgan fingerprint density at radius 2 is 1.84 bits per heavy atom. The molecule has 0 atom stereocenters. The molecular weight excluding hydrogens is 370 g/mol. The maximum absolute atomic E-state index is 13.8. The minimum absolute atomic E-state index is 0.284. The zero-order valence-electron chi connectivity index (χ0n) is 12.3. The Bertz CT molecular complexity index is 928. The predicted molar refractivity (Wildman–Crippen MR) is 77.8 cm³/mol. The summed E-state index contributed by atoms with van der Waals surface area (Å²) < 4.78 is 77.3. The minimum atomic E-state index is -4.75. The lowest BCUT2D eigenvalue weighted by atomic mass is 10.1. The highest BCUT2D eigenvalue weighted by Gasteiger charge is 2.33. The number of nitrogens with one attached hydrogen (secondary N) is 1. The summed E-state index contributed by atoms with van der Waals surface area (Å²) in [6, 6.07) is 2.66. The molecule has 0 aliphatic carbocycles. The summed E-state index contributed by atoms with van der Waals surface area (Å²) in [4.78, 5) is 12.4. The third-order valence-corrected chi connectivity index (χ3v) is 4.49. The number of sulfonamides is 1. The Labute approximate surface area is 138 Å². The van der Waals surface area contributed by atoms with Crippen LogP contribution in [0.3, 0.4) is 0 Å². The van der Waals surface area contributed by atoms with Gasteiger partial charge in [0.2, 0.25) is 0 Å². The van der Waals surface area contributed by atoms with E-state index in [1.165, 1.54) is 0 Å². The Balaban J connectivity index is 2.43. The van der Waals surface area contributed by atoms with Gasteiger partial charge in [0.25, 0.3) is 15.7 Å². The summed E-state index contributed by atoms with van der Waals surface area (Å²) in [6.07, 6.45) is -4.30. The van der Waals surface area contributed by atoms with E-state index in [9.17, 15) is 36.1 Å². The van der Waals surface area contributed by atoms with Crippen LogP contribution in [-0.2, 0) is 16.2 Å². The zero-order chi connectivity index (χ0) is 19.0. The maximum Gasteiger partial charge on any atom is 0.433 e. The predicted octanol–water partition coefficient (Wildman–Crippen LogP) is 3.26. The number of nitrogens with zero attached hydrogens (tertiary/aromatic N) is 2. The largest absolute Gasteiger partial charge is 0.433 e. The van der Waals surface area contributed by atoms with Gasteiger partial charge < -0.3 is 0 Å². The molecule has 1 heterocycles. The van der Waals surface area contributed by atoms with Crippen molar-refractivity contribution in [2.45, 2.75) is 18.0 Å². The van der Waals surface area contributed by atoms with Crippen molar-refractivity contribution in [3.8, 4) is 0 Å². The number of nitro benzene ring substituents is 1. The third kappa shape index (κ3) is 3.84. The number of hydrogen-bond acceptors (Lipinski definition) is 5. The van der Waals surface area contributed by atoms with Crippen molar-refractivity contribution in [3.05, 3.63) is 57.7 Å². The van der Waals surface area contributed by atoms with Crippen LogP contribution in [0.15, 0.2) is 35.4 Å². The quantitative estimate of drug-likeness (QED) is 0.499. The highest BCUT2D eigenvalue weighted by atomic mass is 32.2. The number of alkyl halides is 3. The average Bonchev–Trinajstić information content (AvgIpc) is 2.50. The Morgan fingerprint density at radius 1 is 1.20 bits per heavy atom. The first kappa shape index (κ1) is 18.6. The molecule has 2 aromatic rings. The van der Waals surface area contributed by atoms with Crippen molar-refractivity contribution in [1.29, 1.82) is 0 Å². The molecule has 12 heteroatoms. The van der Waals surface area contributed by atoms with Crippen LogP contribution in [0.5, 0.6) is 0 Å². The summed E-state index contributed by atoms with van der Waals surface area (Å²) >= 11 is 0. The van der Waals surface area contributed by atoms with Gasteiger partial charge in [-0.1, -0.05) is 0 Å². The second-order valence-corrected chi connectivity index (χ2v) is 6.49. The average molecular weight is 379 g/mol. The third-order valence-electron chi connectivity index (χ3n) is 3.16. The molecule has 0 spiro atoms. The van der Waals surface area contributed by atoms with Gasteiger partial charge in [-0.15, -0.1) is 0 Å². The number of halogens is 4. The van der Waals surface area contributed by atoms with Crippen molar-refractivity contribution < 1.29 is 30.9 Å². The van der Waals surface area contributed by atoms with Crippen LogP contribution in [0.1, 0.15) is 11.3 Å². The van der Waals surface area contributed by atoms with E-state index in [4.69, 9.17) is 0 Å². The van der Waals surface area contributed by atoms with Crippen molar-refractivity contribution >= 4 is 21.4 Å². The molecule has 0 unspecified atom stereocenters. The van der Waals surface area contributed by atoms with Crippen LogP contribution >= 0.6 is 0 Å². The Hall–Kier alpha value is -2.76. The summed E-state index contributed by atoms with van der Waals surface area (Å²) in [5, 5.41) is 10.8. The topological polar surface area (TPSA) is 102 Å². The molecule has 0 bridgehead atoms. The fourth-order valence-corrected chi connectivity index (χ4v) is 2.97. The molecule has 134 valence electrons. The summed E-state index contributed by atoms with van der Waals surface area (Å²) in [5.41, 5.74) is -2.78. The first-order chi connectivity index (χ1) is 11.4. The van der Waals surface area contributed by atoms with E-state index in [2.05, 4.69) is 4.98 Å². The highest BCUT2D eigenvalue weighted by molar-refractivity contribution is 7.92. The number of rotatable bonds is 4. The van der Waals surface area contributed by atoms with E-state index >= 15 is 0 Å². The molecule has 0 fully saturated rings. The lowest BCUT2D eigenvalue weighted by Gasteiger charge is -2.12. The van der Waals surface area contributed by atoms with E-state index in [-0.39, 0.29) is 5.56 Å². The van der Waals surface area contributed by atoms with Gasteiger partial charge in [0.15, 0.2) is 0 Å². The molecule has 0 aliphatic rings. The van der Waals surface area contributed by atoms with Crippen molar-refractivity contribution in [3.63, 3.8) is 0 Å². The molecule has 1 aromatic heterocycles. The van der Waals surface area contributed by atoms with Crippen molar-refractivity contribution in [2.24, 2.45) is 0 Å². The van der Waals surface area contributed by atoms with E-state index in [0.717, 1.165) is 13.0 Å². The molecule has 1 aromatic carbocycles. The van der Waals surface area contributed by atoms with Crippen LogP contribution in [-0.4, -0.2) is 18.3 Å². The van der Waals surface area contributed by atoms with E-state index in [0.29, 0.717) is 24.4 Å². The number of aromatic nitrogens is 1. The van der Waals surface area contributed by atoms with Gasteiger partial charge in [0, 0.05) is 12.3 Å². The van der Waals surface area contributed by atoms with Gasteiger partial charge >= 0.3 is 6.18 Å². The molecular formula is C13H9F4N3O4S. The summed E-state index contributed by atoms with van der Waals surface area (Å²) in [6.45, 7) is 1.13. The zero-order valence-corrected chi connectivity index (χ0v) is 13.2. The Kier molecular flexibility index (Phi) is 4.66. The molecule has 0 saturated carbocycles. The minimum Gasteiger partial charge on any atom is -0.276 e. The van der Waals surface area contributed by atoms with Gasteiger partial charge in [-0.25, -0.2) is 12.8 Å². The number of anilines is 1. The molecule has 25 heavy (non-hydrogen) atoms. The van der Waals surface area contributed by atoms with Gasteiger partial charge in [-0.2, -0.15) is 13.2 Å². The molecule has 0 radical (unpaired) electrons. The summed E-state index contributed by atoms with van der Waals surface area (Å²) in [7, 11) is -4.51.